The number of morpholine rings is 1. The third-order valence-electron chi connectivity index (χ3n) is 3.42. The monoisotopic (exact) mass is 251 g/mol. The molecule has 0 bridgehead atoms. The molecule has 1 unspecified atom stereocenters. The zero-order valence-electron chi connectivity index (χ0n) is 10.3. The van der Waals surface area contributed by atoms with Crippen LogP contribution in [0, 0.1) is 11.7 Å². The minimum atomic E-state index is -0.238. The molecule has 0 radical (unpaired) electrons. The molecule has 3 nitrogen and oxygen atoms in total. The first kappa shape index (κ1) is 11.9. The Kier molecular flexibility index (Phi) is 3.48. The highest BCUT2D eigenvalue weighted by Crippen LogP contribution is 2.33. The molecule has 1 saturated carbocycles. The summed E-state index contributed by atoms with van der Waals surface area (Å²) >= 11 is 0. The van der Waals surface area contributed by atoms with Gasteiger partial charge in [-0.05, 0) is 37.0 Å². The van der Waals surface area contributed by atoms with Gasteiger partial charge in [-0.2, -0.15) is 0 Å². The minimum absolute atomic E-state index is 0.108. The summed E-state index contributed by atoms with van der Waals surface area (Å²) in [5.41, 5.74) is 0.822. The molecule has 0 spiro atoms. The quantitative estimate of drug-likeness (QED) is 0.890. The van der Waals surface area contributed by atoms with Gasteiger partial charge < -0.3 is 14.8 Å². The fourth-order valence-corrected chi connectivity index (χ4v) is 2.16. The van der Waals surface area contributed by atoms with E-state index in [1.54, 1.807) is 6.07 Å². The predicted molar refractivity (Wildman–Crippen MR) is 66.2 cm³/mol. The van der Waals surface area contributed by atoms with E-state index in [0.717, 1.165) is 24.5 Å². The molecule has 1 aromatic carbocycles. The Hall–Kier alpha value is -1.13. The highest BCUT2D eigenvalue weighted by Gasteiger charge is 2.24. The first-order chi connectivity index (χ1) is 8.83. The van der Waals surface area contributed by atoms with Crippen LogP contribution in [0.2, 0.25) is 0 Å². The zero-order valence-corrected chi connectivity index (χ0v) is 10.3. The summed E-state index contributed by atoms with van der Waals surface area (Å²) in [6, 6.07) is 4.69. The smallest absolute Gasteiger partial charge is 0.125 e. The molecule has 1 heterocycles. The molecule has 0 aromatic heterocycles. The van der Waals surface area contributed by atoms with Crippen molar-refractivity contribution in [2.24, 2.45) is 5.92 Å². The second kappa shape index (κ2) is 5.24. The van der Waals surface area contributed by atoms with Gasteiger partial charge in [-0.25, -0.2) is 4.39 Å². The number of halogens is 1. The van der Waals surface area contributed by atoms with Crippen molar-refractivity contribution in [3.8, 4) is 5.75 Å². The lowest BCUT2D eigenvalue weighted by Gasteiger charge is -2.25. The summed E-state index contributed by atoms with van der Waals surface area (Å²) in [6.07, 6.45) is 2.39. The van der Waals surface area contributed by atoms with Crippen molar-refractivity contribution in [1.29, 1.82) is 0 Å². The van der Waals surface area contributed by atoms with E-state index in [-0.39, 0.29) is 11.9 Å². The fourth-order valence-electron chi connectivity index (χ4n) is 2.16. The molecule has 3 rings (SSSR count). The highest BCUT2D eigenvalue weighted by atomic mass is 19.1. The number of nitrogens with one attached hydrogen (secondary N) is 1. The average Bonchev–Trinajstić information content (AvgIpc) is 3.22. The molecule has 2 aliphatic rings. The van der Waals surface area contributed by atoms with Crippen LogP contribution >= 0.6 is 0 Å². The van der Waals surface area contributed by atoms with Gasteiger partial charge >= 0.3 is 0 Å². The predicted octanol–water partition coefficient (Wildman–Crippen LogP) is 2.28. The Bertz CT molecular complexity index is 414. The molecule has 2 fully saturated rings. The van der Waals surface area contributed by atoms with Gasteiger partial charge in [0.1, 0.15) is 11.6 Å². The van der Waals surface area contributed by atoms with E-state index in [2.05, 4.69) is 5.32 Å². The SMILES string of the molecule is Fc1ccc(OCC2CC2)c(C2CNCCO2)c1. The van der Waals surface area contributed by atoms with Crippen molar-refractivity contribution in [2.45, 2.75) is 18.9 Å². The van der Waals surface area contributed by atoms with E-state index in [4.69, 9.17) is 9.47 Å². The van der Waals surface area contributed by atoms with Crippen molar-refractivity contribution in [3.63, 3.8) is 0 Å². The summed E-state index contributed by atoms with van der Waals surface area (Å²) in [6.45, 7) is 2.95. The van der Waals surface area contributed by atoms with Crippen LogP contribution in [0.25, 0.3) is 0 Å². The summed E-state index contributed by atoms with van der Waals surface area (Å²) in [5.74, 6) is 1.21. The normalized spacial score (nSPS) is 23.9. The maximum atomic E-state index is 13.4. The molecular formula is C14H18FNO2. The lowest BCUT2D eigenvalue weighted by atomic mass is 10.1. The standard InChI is InChI=1S/C14H18FNO2/c15-11-3-4-13(18-9-10-1-2-10)12(7-11)14-8-16-5-6-17-14/h3-4,7,10,14,16H,1-2,5-6,8-9H2. The molecule has 1 N–H and O–H groups in total. The van der Waals surface area contributed by atoms with Crippen molar-refractivity contribution in [1.82, 2.24) is 5.32 Å². The van der Waals surface area contributed by atoms with Crippen molar-refractivity contribution >= 4 is 0 Å². The molecule has 1 aliphatic heterocycles. The molecule has 1 saturated heterocycles. The minimum Gasteiger partial charge on any atom is -0.493 e. The lowest BCUT2D eigenvalue weighted by molar-refractivity contribution is 0.0256. The molecule has 0 amide bonds. The largest absolute Gasteiger partial charge is 0.493 e. The van der Waals surface area contributed by atoms with E-state index < -0.39 is 0 Å². The van der Waals surface area contributed by atoms with Gasteiger partial charge in [0.2, 0.25) is 0 Å². The van der Waals surface area contributed by atoms with Gasteiger partial charge in [0, 0.05) is 18.7 Å². The Balaban J connectivity index is 1.77. The Labute approximate surface area is 106 Å². The maximum Gasteiger partial charge on any atom is 0.125 e. The topological polar surface area (TPSA) is 30.5 Å². The van der Waals surface area contributed by atoms with Crippen LogP contribution in [0.1, 0.15) is 24.5 Å². The van der Waals surface area contributed by atoms with Crippen LogP contribution in [0.4, 0.5) is 4.39 Å². The van der Waals surface area contributed by atoms with Crippen molar-refractivity contribution in [2.75, 3.05) is 26.3 Å². The molecule has 18 heavy (non-hydrogen) atoms. The van der Waals surface area contributed by atoms with Crippen LogP contribution in [0.3, 0.4) is 0 Å². The van der Waals surface area contributed by atoms with Gasteiger partial charge in [0.15, 0.2) is 0 Å². The third kappa shape index (κ3) is 2.82. The molecular weight excluding hydrogens is 233 g/mol. The molecule has 1 aliphatic carbocycles. The van der Waals surface area contributed by atoms with E-state index in [1.165, 1.54) is 25.0 Å². The van der Waals surface area contributed by atoms with E-state index >= 15 is 0 Å². The summed E-state index contributed by atoms with van der Waals surface area (Å²) in [7, 11) is 0. The maximum absolute atomic E-state index is 13.4. The number of rotatable bonds is 4. The number of benzene rings is 1. The second-order valence-electron chi connectivity index (χ2n) is 5.00. The molecule has 4 heteroatoms. The van der Waals surface area contributed by atoms with Gasteiger partial charge in [-0.3, -0.25) is 0 Å². The third-order valence-corrected chi connectivity index (χ3v) is 3.42. The number of hydrogen-bond acceptors (Lipinski definition) is 3. The van der Waals surface area contributed by atoms with E-state index in [0.29, 0.717) is 19.1 Å². The van der Waals surface area contributed by atoms with Crippen LogP contribution < -0.4 is 10.1 Å². The first-order valence-corrected chi connectivity index (χ1v) is 6.57. The Morgan fingerprint density at radius 1 is 1.39 bits per heavy atom. The van der Waals surface area contributed by atoms with E-state index in [9.17, 15) is 4.39 Å². The summed E-state index contributed by atoms with van der Waals surface area (Å²) in [4.78, 5) is 0. The lowest BCUT2D eigenvalue weighted by Crippen LogP contribution is -2.33. The van der Waals surface area contributed by atoms with Crippen LogP contribution in [-0.4, -0.2) is 26.3 Å². The summed E-state index contributed by atoms with van der Waals surface area (Å²) < 4.78 is 24.8. The Morgan fingerprint density at radius 3 is 3.00 bits per heavy atom. The van der Waals surface area contributed by atoms with Gasteiger partial charge in [0.05, 0.1) is 19.3 Å². The zero-order chi connectivity index (χ0) is 12.4. The van der Waals surface area contributed by atoms with Crippen molar-refractivity contribution in [3.05, 3.63) is 29.6 Å². The molecule has 1 atom stereocenters. The van der Waals surface area contributed by atoms with Crippen LogP contribution in [-0.2, 0) is 4.74 Å². The molecule has 1 aromatic rings. The van der Waals surface area contributed by atoms with Crippen LogP contribution in [0.15, 0.2) is 18.2 Å². The number of ether oxygens (including phenoxy) is 2. The molecule has 98 valence electrons. The fraction of sp³-hybridized carbons (Fsp3) is 0.571. The van der Waals surface area contributed by atoms with Gasteiger partial charge in [-0.1, -0.05) is 0 Å². The van der Waals surface area contributed by atoms with Crippen molar-refractivity contribution < 1.29 is 13.9 Å². The highest BCUT2D eigenvalue weighted by molar-refractivity contribution is 5.36. The average molecular weight is 251 g/mol. The number of hydrogen-bond donors (Lipinski definition) is 1. The second-order valence-corrected chi connectivity index (χ2v) is 5.00. The van der Waals surface area contributed by atoms with E-state index in [1.807, 2.05) is 0 Å². The van der Waals surface area contributed by atoms with Crippen LogP contribution in [0.5, 0.6) is 5.75 Å². The first-order valence-electron chi connectivity index (χ1n) is 6.57. The van der Waals surface area contributed by atoms with Gasteiger partial charge in [-0.15, -0.1) is 0 Å². The Morgan fingerprint density at radius 2 is 2.28 bits per heavy atom. The summed E-state index contributed by atoms with van der Waals surface area (Å²) in [5, 5.41) is 3.25. The van der Waals surface area contributed by atoms with Gasteiger partial charge in [0.25, 0.3) is 0 Å².